The van der Waals surface area contributed by atoms with E-state index in [1.54, 1.807) is 7.11 Å². The maximum Gasteiger partial charge on any atom is 0.191 e. The van der Waals surface area contributed by atoms with Gasteiger partial charge in [-0.3, -0.25) is 4.99 Å². The first-order chi connectivity index (χ1) is 14.1. The molecule has 1 aromatic rings. The summed E-state index contributed by atoms with van der Waals surface area (Å²) in [5, 5.41) is 6.84. The quantitative estimate of drug-likeness (QED) is 0.255. The first-order valence-corrected chi connectivity index (χ1v) is 11.1. The predicted octanol–water partition coefficient (Wildman–Crippen LogP) is 4.15. The van der Waals surface area contributed by atoms with Crippen molar-refractivity contribution in [1.82, 2.24) is 10.6 Å². The molecule has 1 aromatic carbocycles. The van der Waals surface area contributed by atoms with Gasteiger partial charge in [-0.1, -0.05) is 26.0 Å². The summed E-state index contributed by atoms with van der Waals surface area (Å²) >= 11 is 0. The number of hydrogen-bond donors (Lipinski definition) is 2. The number of guanidine groups is 1. The van der Waals surface area contributed by atoms with Crippen LogP contribution in [0.15, 0.2) is 29.3 Å². The van der Waals surface area contributed by atoms with Gasteiger partial charge in [0.05, 0.1) is 18.9 Å². The highest BCUT2D eigenvalue weighted by atomic mass is 127. The summed E-state index contributed by atoms with van der Waals surface area (Å²) in [6.07, 6.45) is 2.43. The van der Waals surface area contributed by atoms with Gasteiger partial charge in [0.25, 0.3) is 0 Å². The number of methoxy groups -OCH3 is 1. The first kappa shape index (κ1) is 26.8. The monoisotopic (exact) mass is 532 g/mol. The summed E-state index contributed by atoms with van der Waals surface area (Å²) in [6, 6.07) is 8.26. The van der Waals surface area contributed by atoms with Gasteiger partial charge < -0.3 is 25.0 Å². The SMILES string of the molecule is CCNC(=NCC1CCN(c2ccccc2OC)C1)NCCC(OCC)C(C)C.I. The average molecular weight is 533 g/mol. The van der Waals surface area contributed by atoms with Crippen molar-refractivity contribution in [3.8, 4) is 5.75 Å². The van der Waals surface area contributed by atoms with Crippen LogP contribution in [0.1, 0.15) is 40.5 Å². The number of rotatable bonds is 11. The summed E-state index contributed by atoms with van der Waals surface area (Å²) in [5.41, 5.74) is 1.18. The van der Waals surface area contributed by atoms with Crippen molar-refractivity contribution >= 4 is 35.6 Å². The third-order valence-corrected chi connectivity index (χ3v) is 5.41. The molecule has 0 saturated carbocycles. The number of hydrogen-bond acceptors (Lipinski definition) is 4. The molecule has 1 aliphatic rings. The number of nitrogens with one attached hydrogen (secondary N) is 2. The highest BCUT2D eigenvalue weighted by Gasteiger charge is 2.24. The number of halogens is 1. The van der Waals surface area contributed by atoms with Crippen LogP contribution in [0, 0.1) is 11.8 Å². The lowest BCUT2D eigenvalue weighted by Gasteiger charge is -2.22. The second kappa shape index (κ2) is 14.7. The standard InChI is InChI=1S/C23H40N4O2.HI/c1-6-24-23(25-14-12-21(18(3)4)29-7-2)26-16-19-13-15-27(17-19)20-10-8-9-11-22(20)28-5;/h8-11,18-19,21H,6-7,12-17H2,1-5H3,(H2,24,25,26);1H. The molecule has 6 nitrogen and oxygen atoms in total. The molecular formula is C23H41IN4O2. The Labute approximate surface area is 200 Å². The Kier molecular flexibility index (Phi) is 13.2. The number of nitrogens with zero attached hydrogens (tertiary/aromatic N) is 2. The summed E-state index contributed by atoms with van der Waals surface area (Å²) in [7, 11) is 1.74. The van der Waals surface area contributed by atoms with E-state index in [0.29, 0.717) is 17.9 Å². The third kappa shape index (κ3) is 8.49. The van der Waals surface area contributed by atoms with Gasteiger partial charge in [0.15, 0.2) is 5.96 Å². The van der Waals surface area contributed by atoms with Gasteiger partial charge in [0.1, 0.15) is 5.75 Å². The number of benzene rings is 1. The van der Waals surface area contributed by atoms with E-state index in [2.05, 4.69) is 55.4 Å². The van der Waals surface area contributed by atoms with Crippen LogP contribution in [0.25, 0.3) is 0 Å². The fourth-order valence-electron chi connectivity index (χ4n) is 3.81. The van der Waals surface area contributed by atoms with E-state index >= 15 is 0 Å². The minimum absolute atomic E-state index is 0. The Morgan fingerprint density at radius 3 is 2.67 bits per heavy atom. The van der Waals surface area contributed by atoms with Crippen LogP contribution in [-0.2, 0) is 4.74 Å². The fourth-order valence-corrected chi connectivity index (χ4v) is 3.81. The Balaban J connectivity index is 0.00000450. The molecule has 2 N–H and O–H groups in total. The van der Waals surface area contributed by atoms with Crippen LogP contribution in [0.5, 0.6) is 5.75 Å². The van der Waals surface area contributed by atoms with E-state index in [1.807, 2.05) is 12.1 Å². The van der Waals surface area contributed by atoms with E-state index in [9.17, 15) is 0 Å². The average Bonchev–Trinajstić information content (AvgIpc) is 3.20. The number of aliphatic imine (C=N–C) groups is 1. The minimum atomic E-state index is 0. The van der Waals surface area contributed by atoms with Gasteiger partial charge in [-0.15, -0.1) is 24.0 Å². The smallest absolute Gasteiger partial charge is 0.191 e. The van der Waals surface area contributed by atoms with E-state index in [-0.39, 0.29) is 24.0 Å². The molecular weight excluding hydrogens is 491 g/mol. The van der Waals surface area contributed by atoms with Crippen LogP contribution >= 0.6 is 24.0 Å². The van der Waals surface area contributed by atoms with Crippen molar-refractivity contribution in [3.05, 3.63) is 24.3 Å². The second-order valence-electron chi connectivity index (χ2n) is 7.95. The predicted molar refractivity (Wildman–Crippen MR) is 138 cm³/mol. The molecule has 172 valence electrons. The molecule has 2 atom stereocenters. The number of ether oxygens (including phenoxy) is 2. The van der Waals surface area contributed by atoms with Gasteiger partial charge in [-0.05, 0) is 50.7 Å². The van der Waals surface area contributed by atoms with Gasteiger partial charge in [0.2, 0.25) is 0 Å². The molecule has 0 radical (unpaired) electrons. The van der Waals surface area contributed by atoms with Crippen LogP contribution < -0.4 is 20.3 Å². The highest BCUT2D eigenvalue weighted by molar-refractivity contribution is 14.0. The zero-order valence-corrected chi connectivity index (χ0v) is 21.6. The zero-order chi connectivity index (χ0) is 21.1. The number of para-hydroxylation sites is 2. The van der Waals surface area contributed by atoms with Crippen molar-refractivity contribution in [2.75, 3.05) is 51.3 Å². The number of anilines is 1. The first-order valence-electron chi connectivity index (χ1n) is 11.1. The molecule has 0 aromatic heterocycles. The van der Waals surface area contributed by atoms with E-state index in [4.69, 9.17) is 14.5 Å². The molecule has 7 heteroatoms. The van der Waals surface area contributed by atoms with Crippen molar-refractivity contribution in [1.29, 1.82) is 0 Å². The molecule has 1 heterocycles. The Morgan fingerprint density at radius 1 is 1.23 bits per heavy atom. The summed E-state index contributed by atoms with van der Waals surface area (Å²) in [4.78, 5) is 7.26. The van der Waals surface area contributed by atoms with Gasteiger partial charge >= 0.3 is 0 Å². The molecule has 0 spiro atoms. The van der Waals surface area contributed by atoms with Crippen LogP contribution in [0.4, 0.5) is 5.69 Å². The normalized spacial score (nSPS) is 17.6. The van der Waals surface area contributed by atoms with Crippen molar-refractivity contribution < 1.29 is 9.47 Å². The van der Waals surface area contributed by atoms with Crippen molar-refractivity contribution in [2.45, 2.75) is 46.6 Å². The molecule has 2 rings (SSSR count). The lowest BCUT2D eigenvalue weighted by atomic mass is 10.0. The van der Waals surface area contributed by atoms with Gasteiger partial charge in [0, 0.05) is 39.3 Å². The summed E-state index contributed by atoms with van der Waals surface area (Å²) in [5.74, 6) is 2.93. The molecule has 1 aliphatic heterocycles. The van der Waals surface area contributed by atoms with Gasteiger partial charge in [-0.25, -0.2) is 0 Å². The minimum Gasteiger partial charge on any atom is -0.495 e. The molecule has 1 fully saturated rings. The molecule has 30 heavy (non-hydrogen) atoms. The topological polar surface area (TPSA) is 58.1 Å². The highest BCUT2D eigenvalue weighted by Crippen LogP contribution is 2.31. The zero-order valence-electron chi connectivity index (χ0n) is 19.3. The molecule has 0 amide bonds. The fraction of sp³-hybridized carbons (Fsp3) is 0.696. The Morgan fingerprint density at radius 2 is 2.00 bits per heavy atom. The molecule has 2 unspecified atom stereocenters. The maximum absolute atomic E-state index is 5.84. The Hall–Kier alpha value is -1.22. The largest absolute Gasteiger partial charge is 0.495 e. The van der Waals surface area contributed by atoms with E-state index < -0.39 is 0 Å². The summed E-state index contributed by atoms with van der Waals surface area (Å²) < 4.78 is 11.4. The van der Waals surface area contributed by atoms with E-state index in [0.717, 1.165) is 63.9 Å². The van der Waals surface area contributed by atoms with Crippen LogP contribution in [-0.4, -0.2) is 58.5 Å². The lowest BCUT2D eigenvalue weighted by Crippen LogP contribution is -2.39. The third-order valence-electron chi connectivity index (χ3n) is 5.41. The Bertz CT molecular complexity index is 627. The summed E-state index contributed by atoms with van der Waals surface area (Å²) in [6.45, 7) is 14.0. The second-order valence-corrected chi connectivity index (χ2v) is 7.95. The van der Waals surface area contributed by atoms with E-state index in [1.165, 1.54) is 5.69 Å². The molecule has 0 bridgehead atoms. The maximum atomic E-state index is 5.84. The lowest BCUT2D eigenvalue weighted by molar-refractivity contribution is 0.0258. The van der Waals surface area contributed by atoms with Crippen LogP contribution in [0.3, 0.4) is 0 Å². The van der Waals surface area contributed by atoms with Gasteiger partial charge in [-0.2, -0.15) is 0 Å². The molecule has 0 aliphatic carbocycles. The van der Waals surface area contributed by atoms with Crippen molar-refractivity contribution in [2.24, 2.45) is 16.8 Å². The molecule has 1 saturated heterocycles. The van der Waals surface area contributed by atoms with Crippen molar-refractivity contribution in [3.63, 3.8) is 0 Å². The van der Waals surface area contributed by atoms with Crippen LogP contribution in [0.2, 0.25) is 0 Å².